The predicted molar refractivity (Wildman–Crippen MR) is 289 cm³/mol. The van der Waals surface area contributed by atoms with Crippen LogP contribution >= 0.6 is 0 Å². The molecule has 32 atom stereocenters. The Bertz CT molecular complexity index is 2450. The Kier molecular flexibility index (Phi) is 18.9. The summed E-state index contributed by atoms with van der Waals surface area (Å²) in [4.78, 5) is 27.0. The molecule has 0 amide bonds. The monoisotopic (exact) mass is 1230 g/mol. The van der Waals surface area contributed by atoms with E-state index in [1.807, 2.05) is 0 Å². The normalized spacial score (nSPS) is 53.6. The van der Waals surface area contributed by atoms with E-state index in [4.69, 9.17) is 47.4 Å². The van der Waals surface area contributed by atoms with Gasteiger partial charge in [-0.25, -0.2) is 4.79 Å². The molecule has 0 spiro atoms. The van der Waals surface area contributed by atoms with Crippen LogP contribution in [-0.4, -0.2) is 262 Å². The van der Waals surface area contributed by atoms with Gasteiger partial charge in [0.2, 0.25) is 6.29 Å². The average Bonchev–Trinajstić information content (AvgIpc) is 0.686. The summed E-state index contributed by atoms with van der Waals surface area (Å²) in [7, 11) is 0. The molecule has 10 aliphatic rings. The summed E-state index contributed by atoms with van der Waals surface area (Å²) in [5.41, 5.74) is -1.33. The van der Waals surface area contributed by atoms with Crippen molar-refractivity contribution in [2.75, 3.05) is 19.8 Å². The zero-order valence-corrected chi connectivity index (χ0v) is 50.0. The van der Waals surface area contributed by atoms with E-state index < -0.39 is 190 Å². The van der Waals surface area contributed by atoms with Crippen LogP contribution in [0.15, 0.2) is 11.6 Å². The smallest absolute Gasteiger partial charge is 0.335 e. The molecule has 0 radical (unpaired) electrons. The SMILES string of the molecule is C[C@@H]1O[C@@H](O[C@H]2[C@H](O)[C@@H](O)[C@H](OC[C@H]3O[C@@H](OC(=O)[C@]45CCC(C)(C)C[C@H]4C4=CC[C@@H]6[C@@]7(C)CC[C@H](O[C@@H]8OC[C@H](O)[C@H](O[C@@H]9O[C@H](C(=O)O)[C@@H](O)[C@H](O)[C@H]9O)[C@H]8O)C(C)(C)[C@@H]7CC[C@@]6(C)[C@]4(C)CC5)[C@H](O)[C@@H](O)[C@@H]3O)O[C@@H]2CO)[C@H](O)[C@@H](O)[C@H]1O. The number of allylic oxidation sites excluding steroid dienone is 2. The molecule has 0 aromatic carbocycles. The summed E-state index contributed by atoms with van der Waals surface area (Å²) in [5.74, 6) is -2.19. The Morgan fingerprint density at radius 2 is 1.19 bits per heavy atom. The molecule has 9 fully saturated rings. The summed E-state index contributed by atoms with van der Waals surface area (Å²) in [5, 5.41) is 161. The molecule has 5 heterocycles. The number of hydrogen-bond acceptors (Lipinski definition) is 26. The Hall–Kier alpha value is -2.24. The lowest BCUT2D eigenvalue weighted by Gasteiger charge is -2.71. The number of carboxylic acid groups (broad SMARTS) is 1. The zero-order valence-electron chi connectivity index (χ0n) is 50.0. The topological polar surface area (TPSA) is 430 Å². The van der Waals surface area contributed by atoms with Crippen LogP contribution in [0.5, 0.6) is 0 Å². The van der Waals surface area contributed by atoms with Gasteiger partial charge in [0.1, 0.15) is 104 Å². The van der Waals surface area contributed by atoms with Crippen LogP contribution in [0, 0.1) is 50.2 Å². The number of ether oxygens (including phenoxy) is 10. The van der Waals surface area contributed by atoms with Crippen LogP contribution in [0.1, 0.15) is 120 Å². The van der Waals surface area contributed by atoms with E-state index in [2.05, 4.69) is 54.5 Å². The highest BCUT2D eigenvalue weighted by Crippen LogP contribution is 2.76. The molecule has 492 valence electrons. The molecule has 5 aliphatic heterocycles. The Balaban J connectivity index is 0.812. The Labute approximate surface area is 499 Å². The summed E-state index contributed by atoms with van der Waals surface area (Å²) < 4.78 is 58.5. The Morgan fingerprint density at radius 1 is 0.581 bits per heavy atom. The molecule has 27 heteroatoms. The van der Waals surface area contributed by atoms with Gasteiger partial charge in [-0.15, -0.1) is 0 Å². The number of aliphatic carboxylic acids is 1. The number of hydrogen-bond donors (Lipinski definition) is 15. The largest absolute Gasteiger partial charge is 0.479 e. The third kappa shape index (κ3) is 11.1. The van der Waals surface area contributed by atoms with Gasteiger partial charge in [-0.2, -0.15) is 0 Å². The van der Waals surface area contributed by atoms with Crippen LogP contribution in [0.3, 0.4) is 0 Å². The highest BCUT2D eigenvalue weighted by Gasteiger charge is 2.70. The van der Waals surface area contributed by atoms with Crippen molar-refractivity contribution in [3.05, 3.63) is 11.6 Å². The number of fused-ring (bicyclic) bond motifs is 7. The molecule has 0 aromatic heterocycles. The number of carbonyl (C=O) groups excluding carboxylic acids is 1. The lowest BCUT2D eigenvalue weighted by molar-refractivity contribution is -0.361. The molecule has 15 N–H and O–H groups in total. The third-order valence-electron chi connectivity index (χ3n) is 23.0. The van der Waals surface area contributed by atoms with Gasteiger partial charge < -0.3 is 124 Å². The van der Waals surface area contributed by atoms with Crippen LogP contribution in [0.4, 0.5) is 0 Å². The number of esters is 1. The molecule has 27 nitrogen and oxygen atoms in total. The van der Waals surface area contributed by atoms with E-state index in [0.29, 0.717) is 38.5 Å². The van der Waals surface area contributed by atoms with Crippen LogP contribution in [-0.2, 0) is 57.0 Å². The maximum absolute atomic E-state index is 15.2. The van der Waals surface area contributed by atoms with Gasteiger partial charge in [-0.1, -0.05) is 60.1 Å². The molecule has 10 rings (SSSR count). The van der Waals surface area contributed by atoms with Crippen LogP contribution in [0.25, 0.3) is 0 Å². The lowest BCUT2D eigenvalue weighted by atomic mass is 9.33. The fraction of sp³-hybridized carbons (Fsp3) is 0.932. The Morgan fingerprint density at radius 3 is 1.86 bits per heavy atom. The number of carboxylic acids is 1. The van der Waals surface area contributed by atoms with Gasteiger partial charge in [0.25, 0.3) is 0 Å². The van der Waals surface area contributed by atoms with Crippen molar-refractivity contribution in [1.29, 1.82) is 0 Å². The van der Waals surface area contributed by atoms with E-state index >= 15 is 4.79 Å². The van der Waals surface area contributed by atoms with E-state index in [-0.39, 0.29) is 46.0 Å². The van der Waals surface area contributed by atoms with E-state index in [9.17, 15) is 81.4 Å². The summed E-state index contributed by atoms with van der Waals surface area (Å²) in [6.07, 6.45) is -31.8. The fourth-order valence-electron chi connectivity index (χ4n) is 17.6. The van der Waals surface area contributed by atoms with Crippen molar-refractivity contribution < 1.29 is 134 Å². The first-order valence-electron chi connectivity index (χ1n) is 30.6. The van der Waals surface area contributed by atoms with Crippen LogP contribution in [0.2, 0.25) is 0 Å². The first-order valence-corrected chi connectivity index (χ1v) is 30.6. The molecule has 0 aromatic rings. The molecular weight excluding hydrogens is 1140 g/mol. The second kappa shape index (κ2) is 24.3. The first kappa shape index (κ1) is 66.7. The van der Waals surface area contributed by atoms with Crippen molar-refractivity contribution >= 4 is 11.9 Å². The van der Waals surface area contributed by atoms with E-state index in [1.165, 1.54) is 12.5 Å². The van der Waals surface area contributed by atoms with Gasteiger partial charge in [0.05, 0.1) is 37.4 Å². The molecule has 5 aliphatic carbocycles. The van der Waals surface area contributed by atoms with Gasteiger partial charge in [-0.05, 0) is 116 Å². The summed E-state index contributed by atoms with van der Waals surface area (Å²) >= 11 is 0. The highest BCUT2D eigenvalue weighted by atomic mass is 16.8. The number of rotatable bonds is 13. The predicted octanol–water partition coefficient (Wildman–Crippen LogP) is -2.45. The zero-order chi connectivity index (χ0) is 62.9. The van der Waals surface area contributed by atoms with Gasteiger partial charge >= 0.3 is 11.9 Å². The summed E-state index contributed by atoms with van der Waals surface area (Å²) in [6.45, 7) is 15.4. The highest BCUT2D eigenvalue weighted by molar-refractivity contribution is 5.79. The average molecular weight is 1240 g/mol. The molecule has 4 saturated carbocycles. The van der Waals surface area contributed by atoms with Crippen LogP contribution < -0.4 is 0 Å². The lowest BCUT2D eigenvalue weighted by Crippen LogP contribution is -2.66. The molecular formula is C59H94O27. The maximum Gasteiger partial charge on any atom is 0.335 e. The van der Waals surface area contributed by atoms with Gasteiger partial charge in [0.15, 0.2) is 31.3 Å². The summed E-state index contributed by atoms with van der Waals surface area (Å²) in [6, 6.07) is 0. The second-order valence-corrected chi connectivity index (χ2v) is 28.7. The van der Waals surface area contributed by atoms with Crippen molar-refractivity contribution in [2.24, 2.45) is 50.2 Å². The quantitative estimate of drug-likeness (QED) is 0.0517. The van der Waals surface area contributed by atoms with Crippen molar-refractivity contribution in [2.45, 2.75) is 273 Å². The molecule has 5 saturated heterocycles. The minimum Gasteiger partial charge on any atom is -0.479 e. The first-order chi connectivity index (χ1) is 40.2. The van der Waals surface area contributed by atoms with Crippen molar-refractivity contribution in [3.63, 3.8) is 0 Å². The molecule has 86 heavy (non-hydrogen) atoms. The van der Waals surface area contributed by atoms with Gasteiger partial charge in [-0.3, -0.25) is 4.79 Å². The minimum atomic E-state index is -1.97. The van der Waals surface area contributed by atoms with E-state index in [0.717, 1.165) is 25.7 Å². The number of aliphatic hydroxyl groups is 14. The second-order valence-electron chi connectivity index (χ2n) is 28.7. The fourth-order valence-corrected chi connectivity index (χ4v) is 17.6. The van der Waals surface area contributed by atoms with Crippen molar-refractivity contribution in [1.82, 2.24) is 0 Å². The van der Waals surface area contributed by atoms with Gasteiger partial charge in [0, 0.05) is 0 Å². The standard InChI is InChI=1S/C59H94O27/c1-23-32(62)34(64)39(69)50(79-23)84-45-27(20-60)80-48(42(72)38(45)68)78-22-28-33(63)35(65)40(70)51(81-28)86-53(76)59-17-15-54(2,3)19-25(59)24-9-10-30-56(6)13-12-31(55(4,5)29(56)11-14-58(30,8)57(24,7)16-18-59)82-49-43(73)44(26(61)21-77-49)83-52-41(71)36(66)37(67)46(85-52)47(74)75/h9,23,25-46,48-52,60-73H,10-22H2,1-8H3,(H,74,75)/t23-,25-,26-,27+,28+,29-,30+,31-,32-,33+,34-,35-,36-,37-,38+,39+,40+,41+,42+,43+,44-,45+,46-,48+,49-,50-,51-,52+,56-,57+,58+,59-/m0/s1. The van der Waals surface area contributed by atoms with Crippen molar-refractivity contribution in [3.8, 4) is 0 Å². The molecule has 0 unspecified atom stereocenters. The molecule has 0 bridgehead atoms. The number of aliphatic hydroxyl groups excluding tert-OH is 14. The number of carbonyl (C=O) groups is 2. The van der Waals surface area contributed by atoms with E-state index in [1.54, 1.807) is 0 Å². The third-order valence-corrected chi connectivity index (χ3v) is 23.0. The maximum atomic E-state index is 15.2. The minimum absolute atomic E-state index is 0.123.